The number of fused-ring (bicyclic) bond motifs is 1. The van der Waals surface area contributed by atoms with Gasteiger partial charge in [0.15, 0.2) is 0 Å². The van der Waals surface area contributed by atoms with Gasteiger partial charge in [-0.25, -0.2) is 0 Å². The molecule has 0 radical (unpaired) electrons. The molecule has 0 aliphatic carbocycles. The average molecular weight is 398 g/mol. The van der Waals surface area contributed by atoms with Crippen LogP contribution in [0.1, 0.15) is 21.5 Å². The highest BCUT2D eigenvalue weighted by molar-refractivity contribution is 6.12. The van der Waals surface area contributed by atoms with E-state index in [4.69, 9.17) is 4.74 Å². The molecule has 5 nitrogen and oxygen atoms in total. The van der Waals surface area contributed by atoms with E-state index < -0.39 is 0 Å². The molecular formula is C25H22N2O3. The molecule has 0 aromatic heterocycles. The number of anilines is 1. The van der Waals surface area contributed by atoms with E-state index in [9.17, 15) is 9.59 Å². The van der Waals surface area contributed by atoms with Gasteiger partial charge in [0.1, 0.15) is 11.4 Å². The third-order valence-electron chi connectivity index (χ3n) is 5.07. The molecule has 0 saturated heterocycles. The third-order valence-corrected chi connectivity index (χ3v) is 5.07. The van der Waals surface area contributed by atoms with Gasteiger partial charge < -0.3 is 15.0 Å². The zero-order chi connectivity index (χ0) is 20.9. The first-order chi connectivity index (χ1) is 14.7. The van der Waals surface area contributed by atoms with Crippen molar-refractivity contribution >= 4 is 23.6 Å². The van der Waals surface area contributed by atoms with Gasteiger partial charge in [-0.1, -0.05) is 48.5 Å². The zero-order valence-corrected chi connectivity index (χ0v) is 16.7. The lowest BCUT2D eigenvalue weighted by molar-refractivity contribution is -0.115. The van der Waals surface area contributed by atoms with Crippen molar-refractivity contribution in [2.24, 2.45) is 0 Å². The number of carbonyl (C=O) groups is 2. The van der Waals surface area contributed by atoms with Crippen molar-refractivity contribution < 1.29 is 14.3 Å². The highest BCUT2D eigenvalue weighted by Gasteiger charge is 2.27. The van der Waals surface area contributed by atoms with Gasteiger partial charge in [-0.05, 0) is 54.0 Å². The summed E-state index contributed by atoms with van der Waals surface area (Å²) in [6.45, 7) is 0.583. The number of hydrogen-bond donors (Lipinski definition) is 1. The Hall–Kier alpha value is -3.86. The molecule has 0 unspecified atom stereocenters. The molecule has 1 aliphatic rings. The summed E-state index contributed by atoms with van der Waals surface area (Å²) in [5.74, 6) is 0.165. The van der Waals surface area contributed by atoms with E-state index in [2.05, 4.69) is 5.32 Å². The molecule has 2 amide bonds. The number of nitrogens with one attached hydrogen (secondary N) is 1. The Kier molecular flexibility index (Phi) is 5.61. The largest absolute Gasteiger partial charge is 0.497 e. The van der Waals surface area contributed by atoms with Crippen molar-refractivity contribution in [1.29, 1.82) is 0 Å². The molecule has 0 bridgehead atoms. The number of ether oxygens (including phenoxy) is 1. The van der Waals surface area contributed by atoms with Crippen molar-refractivity contribution in [2.75, 3.05) is 18.6 Å². The molecule has 0 saturated carbocycles. The highest BCUT2D eigenvalue weighted by Crippen LogP contribution is 2.28. The minimum Gasteiger partial charge on any atom is -0.497 e. The predicted octanol–water partition coefficient (Wildman–Crippen LogP) is 4.06. The summed E-state index contributed by atoms with van der Waals surface area (Å²) in [5.41, 5.74) is 3.53. The van der Waals surface area contributed by atoms with Crippen LogP contribution in [0.5, 0.6) is 5.75 Å². The maximum absolute atomic E-state index is 13.4. The molecule has 1 aliphatic heterocycles. The van der Waals surface area contributed by atoms with E-state index in [0.717, 1.165) is 29.0 Å². The monoisotopic (exact) mass is 398 g/mol. The molecule has 30 heavy (non-hydrogen) atoms. The minimum absolute atomic E-state index is 0.228. The number of hydrogen-bond acceptors (Lipinski definition) is 3. The number of benzene rings is 3. The van der Waals surface area contributed by atoms with Crippen molar-refractivity contribution in [3.05, 3.63) is 101 Å². The van der Waals surface area contributed by atoms with Crippen molar-refractivity contribution in [3.8, 4) is 5.75 Å². The Morgan fingerprint density at radius 2 is 1.63 bits per heavy atom. The number of carbonyl (C=O) groups excluding carboxylic acids is 2. The second-order valence-electron chi connectivity index (χ2n) is 6.99. The number of rotatable bonds is 5. The summed E-state index contributed by atoms with van der Waals surface area (Å²) in [6.07, 6.45) is 2.49. The number of methoxy groups -OCH3 is 1. The molecule has 0 spiro atoms. The summed E-state index contributed by atoms with van der Waals surface area (Å²) in [4.78, 5) is 27.9. The Morgan fingerprint density at radius 1 is 0.933 bits per heavy atom. The van der Waals surface area contributed by atoms with Crippen LogP contribution in [-0.2, 0) is 11.2 Å². The second-order valence-corrected chi connectivity index (χ2v) is 6.99. The van der Waals surface area contributed by atoms with Crippen LogP contribution in [0.15, 0.2) is 84.6 Å². The van der Waals surface area contributed by atoms with Gasteiger partial charge in [-0.15, -0.1) is 0 Å². The predicted molar refractivity (Wildman–Crippen MR) is 117 cm³/mol. The highest BCUT2D eigenvalue weighted by atomic mass is 16.5. The topological polar surface area (TPSA) is 58.6 Å². The number of para-hydroxylation sites is 1. The fourth-order valence-corrected chi connectivity index (χ4v) is 3.50. The van der Waals surface area contributed by atoms with Crippen LogP contribution in [-0.4, -0.2) is 25.5 Å². The van der Waals surface area contributed by atoms with E-state index >= 15 is 0 Å². The van der Waals surface area contributed by atoms with Gasteiger partial charge in [0.2, 0.25) is 0 Å². The van der Waals surface area contributed by atoms with Gasteiger partial charge in [-0.3, -0.25) is 9.59 Å². The van der Waals surface area contributed by atoms with Gasteiger partial charge in [0, 0.05) is 17.8 Å². The Balaban J connectivity index is 1.67. The summed E-state index contributed by atoms with van der Waals surface area (Å²) in [6, 6.07) is 24.0. The normalized spacial score (nSPS) is 13.0. The summed E-state index contributed by atoms with van der Waals surface area (Å²) < 4.78 is 5.20. The van der Waals surface area contributed by atoms with Crippen molar-refractivity contribution in [2.45, 2.75) is 6.42 Å². The maximum atomic E-state index is 13.4. The van der Waals surface area contributed by atoms with Crippen molar-refractivity contribution in [1.82, 2.24) is 5.32 Å². The van der Waals surface area contributed by atoms with E-state index in [1.54, 1.807) is 42.4 Å². The van der Waals surface area contributed by atoms with E-state index in [0.29, 0.717) is 12.1 Å². The van der Waals surface area contributed by atoms with E-state index in [1.807, 2.05) is 54.6 Å². The average Bonchev–Trinajstić information content (AvgIpc) is 3.23. The minimum atomic E-state index is -0.323. The van der Waals surface area contributed by atoms with Crippen LogP contribution >= 0.6 is 0 Å². The molecule has 1 heterocycles. The van der Waals surface area contributed by atoms with E-state index in [-0.39, 0.29) is 17.5 Å². The summed E-state index contributed by atoms with van der Waals surface area (Å²) in [7, 11) is 1.60. The van der Waals surface area contributed by atoms with Crippen LogP contribution in [0.4, 0.5) is 5.69 Å². The standard InChI is InChI=1S/C25H22N2O3/c1-30-21-13-11-18(12-14-21)17-22(26-24(28)20-8-3-2-4-9-20)25(29)27-16-15-19-7-5-6-10-23(19)27/h2-14,17H,15-16H2,1H3,(H,26,28). The molecule has 0 atom stereocenters. The maximum Gasteiger partial charge on any atom is 0.274 e. The Morgan fingerprint density at radius 3 is 2.37 bits per heavy atom. The van der Waals surface area contributed by atoms with Crippen LogP contribution in [0.2, 0.25) is 0 Å². The first-order valence-electron chi connectivity index (χ1n) is 9.77. The fraction of sp³-hybridized carbons (Fsp3) is 0.120. The van der Waals surface area contributed by atoms with Crippen molar-refractivity contribution in [3.63, 3.8) is 0 Å². The lowest BCUT2D eigenvalue weighted by Gasteiger charge is -2.20. The quantitative estimate of drug-likeness (QED) is 0.660. The molecule has 0 fully saturated rings. The number of amides is 2. The van der Waals surface area contributed by atoms with Gasteiger partial charge in [-0.2, -0.15) is 0 Å². The molecule has 3 aromatic carbocycles. The second kappa shape index (κ2) is 8.66. The van der Waals surface area contributed by atoms with Gasteiger partial charge >= 0.3 is 0 Å². The Labute approximate surface area is 175 Å². The first kappa shape index (κ1) is 19.5. The molecule has 4 rings (SSSR count). The van der Waals surface area contributed by atoms with E-state index in [1.165, 1.54) is 0 Å². The first-order valence-corrected chi connectivity index (χ1v) is 9.77. The third kappa shape index (κ3) is 4.10. The Bertz CT molecular complexity index is 1090. The van der Waals surface area contributed by atoms with Crippen LogP contribution in [0, 0.1) is 0 Å². The lowest BCUT2D eigenvalue weighted by Crippen LogP contribution is -2.37. The number of nitrogens with zero attached hydrogens (tertiary/aromatic N) is 1. The summed E-state index contributed by atoms with van der Waals surface area (Å²) >= 11 is 0. The SMILES string of the molecule is COc1ccc(C=C(NC(=O)c2ccccc2)C(=O)N2CCc3ccccc32)cc1. The molecule has 150 valence electrons. The molecule has 1 N–H and O–H groups in total. The van der Waals surface area contributed by atoms with Gasteiger partial charge in [0.05, 0.1) is 7.11 Å². The smallest absolute Gasteiger partial charge is 0.274 e. The fourth-order valence-electron chi connectivity index (χ4n) is 3.50. The van der Waals surface area contributed by atoms with Crippen LogP contribution < -0.4 is 15.0 Å². The molecule has 3 aromatic rings. The zero-order valence-electron chi connectivity index (χ0n) is 16.7. The molecular weight excluding hydrogens is 376 g/mol. The lowest BCUT2D eigenvalue weighted by atomic mass is 10.1. The van der Waals surface area contributed by atoms with Crippen LogP contribution in [0.3, 0.4) is 0 Å². The van der Waals surface area contributed by atoms with Gasteiger partial charge in [0.25, 0.3) is 11.8 Å². The summed E-state index contributed by atoms with van der Waals surface area (Å²) in [5, 5.41) is 2.82. The molecule has 5 heteroatoms. The van der Waals surface area contributed by atoms with Crippen LogP contribution in [0.25, 0.3) is 6.08 Å².